The smallest absolute Gasteiger partial charge is 0.255 e. The molecule has 36 heavy (non-hydrogen) atoms. The minimum Gasteiger partial charge on any atom is -0.504 e. The summed E-state index contributed by atoms with van der Waals surface area (Å²) in [6.07, 6.45) is 1.76. The van der Waals surface area contributed by atoms with Crippen LogP contribution in [0.3, 0.4) is 0 Å². The minimum atomic E-state index is -2.43. The van der Waals surface area contributed by atoms with E-state index in [9.17, 15) is 23.1 Å². The molecule has 0 radical (unpaired) electrons. The second-order valence-corrected chi connectivity index (χ2v) is 8.80. The van der Waals surface area contributed by atoms with E-state index in [0.29, 0.717) is 30.0 Å². The number of aromatic nitrogens is 3. The van der Waals surface area contributed by atoms with Crippen LogP contribution >= 0.6 is 0 Å². The number of likely N-dealkylation sites (N-methyl/N-ethyl adjacent to an activating group) is 1. The number of amides is 1. The summed E-state index contributed by atoms with van der Waals surface area (Å²) in [4.78, 5) is 20.5. The van der Waals surface area contributed by atoms with Crippen molar-refractivity contribution in [2.45, 2.75) is 32.2 Å². The molecule has 2 aromatic heterocycles. The average Bonchev–Trinajstić information content (AvgIpc) is 3.26. The first kappa shape index (κ1) is 25.2. The number of carbonyl (C=O) groups is 1. The maximum Gasteiger partial charge on any atom is 0.255 e. The molecule has 11 heteroatoms. The number of nitrogens with zero attached hydrogens (tertiary/aromatic N) is 6. The summed E-state index contributed by atoms with van der Waals surface area (Å²) in [5.74, 6) is -0.785. The van der Waals surface area contributed by atoms with E-state index >= 15 is 0 Å². The Bertz CT molecular complexity index is 1300. The third-order valence-corrected chi connectivity index (χ3v) is 6.42. The van der Waals surface area contributed by atoms with Crippen molar-refractivity contribution in [3.63, 3.8) is 0 Å². The Labute approximate surface area is 206 Å². The Morgan fingerprint density at radius 3 is 2.78 bits per heavy atom. The predicted octanol–water partition coefficient (Wildman–Crippen LogP) is 3.76. The summed E-state index contributed by atoms with van der Waals surface area (Å²) in [7, 11) is 1.64. The summed E-state index contributed by atoms with van der Waals surface area (Å²) in [6, 6.07) is 7.64. The van der Waals surface area contributed by atoms with Crippen LogP contribution in [0.25, 0.3) is 17.1 Å². The summed E-state index contributed by atoms with van der Waals surface area (Å²) in [5.41, 5.74) is 0.897. The molecular formula is C25H25F3N6O2. The van der Waals surface area contributed by atoms with Gasteiger partial charge in [-0.3, -0.25) is 9.69 Å². The number of pyridine rings is 1. The molecule has 1 saturated heterocycles. The van der Waals surface area contributed by atoms with Crippen LogP contribution < -0.4 is 0 Å². The lowest BCUT2D eigenvalue weighted by Gasteiger charge is -2.37. The standard InChI is InChI=1S/C25H25F3N6O2/c1-15-19(7-5-16(10-29)23(15)28)24-20(35)13-34(31-24)22-8-6-17(11-30-22)25(36)33-9-3-4-18(12-33)32(2)14-21(26)27/h5-8,11,13,18,21,35H,3-4,9,12,14H2,1-2H3/t18-/m0/s1. The number of benzene rings is 1. The van der Waals surface area contributed by atoms with Crippen LogP contribution in [0, 0.1) is 24.1 Å². The number of nitriles is 1. The van der Waals surface area contributed by atoms with Gasteiger partial charge in [-0.15, -0.1) is 0 Å². The lowest BCUT2D eigenvalue weighted by molar-refractivity contribution is 0.0439. The summed E-state index contributed by atoms with van der Waals surface area (Å²) < 4.78 is 41.2. The molecule has 0 spiro atoms. The van der Waals surface area contributed by atoms with E-state index in [4.69, 9.17) is 5.26 Å². The molecule has 0 aliphatic carbocycles. The topological polar surface area (TPSA) is 98.3 Å². The normalized spacial score (nSPS) is 15.9. The Kier molecular flexibility index (Phi) is 7.26. The van der Waals surface area contributed by atoms with Crippen LogP contribution in [-0.4, -0.2) is 74.7 Å². The predicted molar refractivity (Wildman–Crippen MR) is 125 cm³/mol. The number of hydrogen-bond acceptors (Lipinski definition) is 6. The number of carbonyl (C=O) groups excluding carboxylic acids is 1. The van der Waals surface area contributed by atoms with Gasteiger partial charge in [-0.25, -0.2) is 22.8 Å². The minimum absolute atomic E-state index is 0.0993. The van der Waals surface area contributed by atoms with E-state index in [1.54, 1.807) is 35.0 Å². The molecule has 0 saturated carbocycles. The molecule has 4 rings (SSSR count). The lowest BCUT2D eigenvalue weighted by atomic mass is 10.0. The van der Waals surface area contributed by atoms with Gasteiger partial charge in [-0.05, 0) is 50.6 Å². The zero-order chi connectivity index (χ0) is 26.0. The van der Waals surface area contributed by atoms with E-state index in [0.717, 1.165) is 12.8 Å². The number of aromatic hydroxyl groups is 1. The van der Waals surface area contributed by atoms with Crippen molar-refractivity contribution in [2.75, 3.05) is 26.7 Å². The molecule has 188 valence electrons. The average molecular weight is 499 g/mol. The Morgan fingerprint density at radius 2 is 2.11 bits per heavy atom. The Hall–Kier alpha value is -3.91. The number of halogens is 3. The van der Waals surface area contributed by atoms with Crippen molar-refractivity contribution in [3.05, 3.63) is 59.2 Å². The van der Waals surface area contributed by atoms with E-state index in [1.165, 1.54) is 36.1 Å². The van der Waals surface area contributed by atoms with Crippen molar-refractivity contribution >= 4 is 5.91 Å². The van der Waals surface area contributed by atoms with Crippen molar-refractivity contribution < 1.29 is 23.1 Å². The van der Waals surface area contributed by atoms with Crippen LogP contribution in [0.15, 0.2) is 36.7 Å². The first-order chi connectivity index (χ1) is 17.2. The Balaban J connectivity index is 1.51. The van der Waals surface area contributed by atoms with Crippen molar-refractivity contribution in [3.8, 4) is 28.9 Å². The molecule has 1 aromatic carbocycles. The van der Waals surface area contributed by atoms with Gasteiger partial charge in [0, 0.05) is 30.9 Å². The van der Waals surface area contributed by atoms with Crippen molar-refractivity contribution in [2.24, 2.45) is 0 Å². The SMILES string of the molecule is Cc1c(-c2nn(-c3ccc(C(=O)N4CCC[C@H](N(C)CC(F)F)C4)cn3)cc2O)ccc(C#N)c1F. The Morgan fingerprint density at radius 1 is 1.33 bits per heavy atom. The van der Waals surface area contributed by atoms with Crippen LogP contribution in [0.4, 0.5) is 13.2 Å². The van der Waals surface area contributed by atoms with Gasteiger partial charge >= 0.3 is 0 Å². The third-order valence-electron chi connectivity index (χ3n) is 6.42. The van der Waals surface area contributed by atoms with Gasteiger partial charge in [-0.1, -0.05) is 6.07 Å². The number of piperidine rings is 1. The van der Waals surface area contributed by atoms with Gasteiger partial charge in [0.2, 0.25) is 0 Å². The van der Waals surface area contributed by atoms with Crippen molar-refractivity contribution in [1.29, 1.82) is 5.26 Å². The van der Waals surface area contributed by atoms with Crippen LogP contribution in [-0.2, 0) is 0 Å². The highest BCUT2D eigenvalue weighted by atomic mass is 19.3. The molecule has 0 unspecified atom stereocenters. The van der Waals surface area contributed by atoms with E-state index < -0.39 is 12.2 Å². The fourth-order valence-electron chi connectivity index (χ4n) is 4.40. The fourth-order valence-corrected chi connectivity index (χ4v) is 4.40. The zero-order valence-corrected chi connectivity index (χ0v) is 19.8. The van der Waals surface area contributed by atoms with Crippen LogP contribution in [0.1, 0.15) is 34.3 Å². The number of alkyl halides is 2. The van der Waals surface area contributed by atoms with E-state index in [1.807, 2.05) is 0 Å². The van der Waals surface area contributed by atoms with Gasteiger partial charge in [0.1, 0.15) is 17.6 Å². The lowest BCUT2D eigenvalue weighted by Crippen LogP contribution is -2.49. The summed E-state index contributed by atoms with van der Waals surface area (Å²) >= 11 is 0. The highest BCUT2D eigenvalue weighted by Crippen LogP contribution is 2.32. The van der Waals surface area contributed by atoms with Crippen LogP contribution in [0.2, 0.25) is 0 Å². The van der Waals surface area contributed by atoms with Crippen LogP contribution in [0.5, 0.6) is 5.75 Å². The maximum absolute atomic E-state index is 14.4. The van der Waals surface area contributed by atoms with Crippen molar-refractivity contribution in [1.82, 2.24) is 24.6 Å². The monoisotopic (exact) mass is 498 g/mol. The van der Waals surface area contributed by atoms with Gasteiger partial charge in [0.05, 0.1) is 23.9 Å². The molecule has 1 N–H and O–H groups in total. The van der Waals surface area contributed by atoms with Gasteiger partial charge in [0.25, 0.3) is 12.3 Å². The molecule has 1 atom stereocenters. The molecule has 3 heterocycles. The second-order valence-electron chi connectivity index (χ2n) is 8.80. The maximum atomic E-state index is 14.4. The number of hydrogen-bond donors (Lipinski definition) is 1. The molecule has 1 aliphatic heterocycles. The molecule has 1 aliphatic rings. The first-order valence-corrected chi connectivity index (χ1v) is 11.4. The zero-order valence-electron chi connectivity index (χ0n) is 19.8. The third kappa shape index (κ3) is 5.04. The number of rotatable bonds is 6. The first-order valence-electron chi connectivity index (χ1n) is 11.4. The van der Waals surface area contributed by atoms with E-state index in [2.05, 4.69) is 10.1 Å². The second kappa shape index (κ2) is 10.4. The summed E-state index contributed by atoms with van der Waals surface area (Å²) in [5, 5.41) is 23.7. The van der Waals surface area contributed by atoms with E-state index in [-0.39, 0.29) is 41.1 Å². The largest absolute Gasteiger partial charge is 0.504 e. The molecule has 8 nitrogen and oxygen atoms in total. The van der Waals surface area contributed by atoms with Gasteiger partial charge in [0.15, 0.2) is 11.6 Å². The molecule has 1 fully saturated rings. The number of likely N-dealkylation sites (tertiary alicyclic amines) is 1. The highest BCUT2D eigenvalue weighted by molar-refractivity contribution is 5.94. The van der Waals surface area contributed by atoms with Gasteiger partial charge < -0.3 is 10.0 Å². The molecular weight excluding hydrogens is 473 g/mol. The summed E-state index contributed by atoms with van der Waals surface area (Å²) in [6.45, 7) is 2.06. The molecule has 3 aromatic rings. The molecule has 1 amide bonds. The fraction of sp³-hybridized carbons (Fsp3) is 0.360. The quantitative estimate of drug-likeness (QED) is 0.556. The highest BCUT2D eigenvalue weighted by Gasteiger charge is 2.28. The van der Waals surface area contributed by atoms with Gasteiger partial charge in [-0.2, -0.15) is 10.4 Å². The molecule has 0 bridgehead atoms.